The van der Waals surface area contributed by atoms with Gasteiger partial charge in [0.1, 0.15) is 0 Å². The molecule has 2 saturated heterocycles. The van der Waals surface area contributed by atoms with Gasteiger partial charge in [-0.15, -0.1) is 0 Å². The van der Waals surface area contributed by atoms with Gasteiger partial charge in [-0.2, -0.15) is 4.31 Å². The second-order valence-electron chi connectivity index (χ2n) is 8.31. The molecule has 7 nitrogen and oxygen atoms in total. The van der Waals surface area contributed by atoms with E-state index in [4.69, 9.17) is 4.74 Å². The van der Waals surface area contributed by atoms with Crippen LogP contribution < -0.4 is 5.32 Å². The van der Waals surface area contributed by atoms with Crippen molar-refractivity contribution in [3.8, 4) is 0 Å². The van der Waals surface area contributed by atoms with Gasteiger partial charge in [0.2, 0.25) is 15.9 Å². The fourth-order valence-corrected chi connectivity index (χ4v) is 6.36. The van der Waals surface area contributed by atoms with E-state index in [9.17, 15) is 13.2 Å². The number of carbonyl (C=O) groups is 1. The lowest BCUT2D eigenvalue weighted by Crippen LogP contribution is -2.49. The van der Waals surface area contributed by atoms with Crippen molar-refractivity contribution in [2.24, 2.45) is 5.92 Å². The summed E-state index contributed by atoms with van der Waals surface area (Å²) in [7, 11) is -3.51. The van der Waals surface area contributed by atoms with Crippen LogP contribution in [0.2, 0.25) is 0 Å². The Balaban J connectivity index is 1.35. The highest BCUT2D eigenvalue weighted by Crippen LogP contribution is 2.35. The quantitative estimate of drug-likeness (QED) is 0.789. The molecule has 8 heteroatoms. The molecule has 29 heavy (non-hydrogen) atoms. The van der Waals surface area contributed by atoms with E-state index in [1.807, 2.05) is 0 Å². The zero-order valence-corrected chi connectivity index (χ0v) is 17.7. The second-order valence-corrected chi connectivity index (χ2v) is 10.3. The number of nitrogens with one attached hydrogen (secondary N) is 1. The molecular weight excluding hydrogens is 390 g/mol. The summed E-state index contributed by atoms with van der Waals surface area (Å²) in [6, 6.07) is 7.02. The van der Waals surface area contributed by atoms with E-state index in [0.29, 0.717) is 44.6 Å². The third kappa shape index (κ3) is 4.82. The first-order valence-electron chi connectivity index (χ1n) is 10.8. The van der Waals surface area contributed by atoms with Gasteiger partial charge in [-0.25, -0.2) is 8.42 Å². The van der Waals surface area contributed by atoms with Crippen LogP contribution in [0.5, 0.6) is 0 Å². The average Bonchev–Trinajstić information content (AvgIpc) is 2.75. The van der Waals surface area contributed by atoms with Crippen LogP contribution in [-0.4, -0.2) is 69.0 Å². The van der Waals surface area contributed by atoms with Crippen LogP contribution >= 0.6 is 0 Å². The van der Waals surface area contributed by atoms with Crippen LogP contribution in [0.4, 0.5) is 5.69 Å². The Morgan fingerprint density at radius 2 is 1.69 bits per heavy atom. The zero-order chi connectivity index (χ0) is 20.3. The van der Waals surface area contributed by atoms with Gasteiger partial charge in [-0.1, -0.05) is 12.8 Å². The third-order valence-corrected chi connectivity index (χ3v) is 8.36. The predicted molar refractivity (Wildman–Crippen MR) is 111 cm³/mol. The standard InChI is InChI=1S/C21H31N3O4S/c25-21(16-23-11-3-5-17-4-1-2-6-20(17)23)22-18-7-9-19(10-8-18)29(26,27)24-12-14-28-15-13-24/h7-10,17,20H,1-6,11-16H2,(H,22,25)/t17-,20-/m0/s1. The maximum atomic E-state index is 12.7. The number of fused-ring (bicyclic) bond motifs is 1. The van der Waals surface area contributed by atoms with E-state index in [0.717, 1.165) is 12.5 Å². The Morgan fingerprint density at radius 1 is 1.00 bits per heavy atom. The van der Waals surface area contributed by atoms with Gasteiger partial charge in [0.15, 0.2) is 0 Å². The highest BCUT2D eigenvalue weighted by molar-refractivity contribution is 7.89. The molecule has 0 spiro atoms. The van der Waals surface area contributed by atoms with Gasteiger partial charge in [0.05, 0.1) is 24.7 Å². The third-order valence-electron chi connectivity index (χ3n) is 6.45. The molecule has 1 aliphatic carbocycles. The molecule has 2 atom stereocenters. The first kappa shape index (κ1) is 20.8. The molecule has 1 aromatic carbocycles. The number of sulfonamides is 1. The molecule has 1 saturated carbocycles. The largest absolute Gasteiger partial charge is 0.379 e. The van der Waals surface area contributed by atoms with Crippen LogP contribution in [0.25, 0.3) is 0 Å². The second kappa shape index (κ2) is 9.12. The number of amides is 1. The Morgan fingerprint density at radius 3 is 2.45 bits per heavy atom. The van der Waals surface area contributed by atoms with E-state index in [1.54, 1.807) is 24.3 Å². The predicted octanol–water partition coefficient (Wildman–Crippen LogP) is 2.30. The topological polar surface area (TPSA) is 79.0 Å². The number of likely N-dealkylation sites (tertiary alicyclic amines) is 1. The number of piperidine rings is 1. The monoisotopic (exact) mass is 421 g/mol. The molecule has 1 amide bonds. The van der Waals surface area contributed by atoms with Gasteiger partial charge in [-0.05, 0) is 62.4 Å². The summed E-state index contributed by atoms with van der Waals surface area (Å²) in [5, 5.41) is 2.93. The molecule has 3 fully saturated rings. The summed E-state index contributed by atoms with van der Waals surface area (Å²) in [4.78, 5) is 15.2. The van der Waals surface area contributed by atoms with Crippen molar-refractivity contribution in [2.45, 2.75) is 49.5 Å². The Bertz CT molecular complexity index is 804. The van der Waals surface area contributed by atoms with E-state index >= 15 is 0 Å². The first-order valence-corrected chi connectivity index (χ1v) is 12.2. The summed E-state index contributed by atoms with van der Waals surface area (Å²) in [5.41, 5.74) is 0.633. The maximum Gasteiger partial charge on any atom is 0.243 e. The lowest BCUT2D eigenvalue weighted by atomic mass is 9.78. The normalized spacial score (nSPS) is 26.6. The van der Waals surface area contributed by atoms with Gasteiger partial charge < -0.3 is 10.1 Å². The van der Waals surface area contributed by atoms with E-state index < -0.39 is 10.0 Å². The molecule has 0 bridgehead atoms. The number of nitrogens with zero attached hydrogens (tertiary/aromatic N) is 2. The number of benzene rings is 1. The number of morpholine rings is 1. The maximum absolute atomic E-state index is 12.7. The van der Waals surface area contributed by atoms with Gasteiger partial charge in [0, 0.05) is 24.8 Å². The molecular formula is C21H31N3O4S. The van der Waals surface area contributed by atoms with Crippen LogP contribution in [0.3, 0.4) is 0 Å². The average molecular weight is 422 g/mol. The highest BCUT2D eigenvalue weighted by atomic mass is 32.2. The molecule has 2 aliphatic heterocycles. The summed E-state index contributed by atoms with van der Waals surface area (Å²) < 4.78 is 32.1. The minimum Gasteiger partial charge on any atom is -0.379 e. The van der Waals surface area contributed by atoms with Crippen molar-refractivity contribution in [1.29, 1.82) is 0 Å². The van der Waals surface area contributed by atoms with E-state index in [1.165, 1.54) is 42.8 Å². The molecule has 0 aromatic heterocycles. The number of hydrogen-bond acceptors (Lipinski definition) is 5. The van der Waals surface area contributed by atoms with E-state index in [2.05, 4.69) is 10.2 Å². The highest BCUT2D eigenvalue weighted by Gasteiger charge is 2.34. The fraction of sp³-hybridized carbons (Fsp3) is 0.667. The van der Waals surface area contributed by atoms with Crippen LogP contribution in [-0.2, 0) is 19.6 Å². The fourth-order valence-electron chi connectivity index (χ4n) is 4.96. The van der Waals surface area contributed by atoms with Crippen molar-refractivity contribution in [3.63, 3.8) is 0 Å². The van der Waals surface area contributed by atoms with Gasteiger partial charge >= 0.3 is 0 Å². The summed E-state index contributed by atoms with van der Waals surface area (Å²) in [6.45, 7) is 3.00. The van der Waals surface area contributed by atoms with Crippen molar-refractivity contribution >= 4 is 21.6 Å². The number of rotatable bonds is 5. The number of ether oxygens (including phenoxy) is 1. The number of anilines is 1. The first-order chi connectivity index (χ1) is 14.0. The molecule has 3 aliphatic rings. The Kier molecular flexibility index (Phi) is 6.53. The summed E-state index contributed by atoms with van der Waals surface area (Å²) in [6.07, 6.45) is 7.54. The minimum absolute atomic E-state index is 0.0278. The van der Waals surface area contributed by atoms with Crippen molar-refractivity contribution < 1.29 is 17.9 Å². The van der Waals surface area contributed by atoms with Crippen LogP contribution in [0.1, 0.15) is 38.5 Å². The lowest BCUT2D eigenvalue weighted by molar-refractivity contribution is -0.118. The van der Waals surface area contributed by atoms with Crippen molar-refractivity contribution in [2.75, 3.05) is 44.7 Å². The molecule has 2 heterocycles. The Hall–Kier alpha value is -1.48. The summed E-state index contributed by atoms with van der Waals surface area (Å²) >= 11 is 0. The number of hydrogen-bond donors (Lipinski definition) is 1. The minimum atomic E-state index is -3.51. The zero-order valence-electron chi connectivity index (χ0n) is 16.9. The molecule has 1 N–H and O–H groups in total. The molecule has 0 radical (unpaired) electrons. The smallest absolute Gasteiger partial charge is 0.243 e. The Labute approximate surface area is 173 Å². The van der Waals surface area contributed by atoms with Gasteiger partial charge in [-0.3, -0.25) is 9.69 Å². The molecule has 0 unspecified atom stereocenters. The van der Waals surface area contributed by atoms with Crippen molar-refractivity contribution in [1.82, 2.24) is 9.21 Å². The summed E-state index contributed by atoms with van der Waals surface area (Å²) in [5.74, 6) is 0.718. The molecule has 160 valence electrons. The molecule has 4 rings (SSSR count). The van der Waals surface area contributed by atoms with Crippen LogP contribution in [0.15, 0.2) is 29.2 Å². The SMILES string of the molecule is O=C(CN1CCC[C@@H]2CCCC[C@@H]21)Nc1ccc(S(=O)(=O)N2CCOCC2)cc1. The van der Waals surface area contributed by atoms with Crippen molar-refractivity contribution in [3.05, 3.63) is 24.3 Å². The molecule has 1 aromatic rings. The number of carbonyl (C=O) groups excluding carboxylic acids is 1. The van der Waals surface area contributed by atoms with E-state index in [-0.39, 0.29) is 10.8 Å². The van der Waals surface area contributed by atoms with Crippen LogP contribution in [0, 0.1) is 5.92 Å². The lowest BCUT2D eigenvalue weighted by Gasteiger charge is -2.43. The van der Waals surface area contributed by atoms with Gasteiger partial charge in [0.25, 0.3) is 0 Å².